The predicted octanol–water partition coefficient (Wildman–Crippen LogP) is 1.27. The summed E-state index contributed by atoms with van der Waals surface area (Å²) in [7, 11) is 0. The number of nitrogens with one attached hydrogen (secondary N) is 1. The Labute approximate surface area is 97.1 Å². The van der Waals surface area contributed by atoms with Gasteiger partial charge in [0, 0.05) is 18.1 Å². The summed E-state index contributed by atoms with van der Waals surface area (Å²) in [5, 5.41) is 13.4. The summed E-state index contributed by atoms with van der Waals surface area (Å²) in [6.45, 7) is 0.388. The molecule has 84 valence electrons. The molecule has 1 aromatic heterocycles. The Kier molecular flexibility index (Phi) is 3.33. The highest BCUT2D eigenvalue weighted by Crippen LogP contribution is 2.16. The lowest BCUT2D eigenvalue weighted by Crippen LogP contribution is -2.11. The second kappa shape index (κ2) is 4.91. The molecule has 0 saturated heterocycles. The molecule has 1 aromatic carbocycles. The summed E-state index contributed by atoms with van der Waals surface area (Å²) in [5.74, 6) is 0.252. The van der Waals surface area contributed by atoms with Crippen molar-refractivity contribution in [2.45, 2.75) is 6.10 Å². The molecule has 0 fully saturated rings. The normalized spacial score (nSPS) is 12.3. The van der Waals surface area contributed by atoms with Gasteiger partial charge in [0.25, 0.3) is 0 Å². The molecule has 0 aliphatic carbocycles. The molecule has 0 spiro atoms. The lowest BCUT2D eigenvalue weighted by atomic mass is 10.1. The van der Waals surface area contributed by atoms with Gasteiger partial charge in [-0.15, -0.1) is 0 Å². The molecule has 0 aliphatic rings. The summed E-state index contributed by atoms with van der Waals surface area (Å²) in [5.41, 5.74) is 6.25. The Morgan fingerprint density at radius 1 is 1.38 bits per heavy atom. The van der Waals surface area contributed by atoms with Crippen LogP contribution < -0.4 is 11.1 Å². The SMILES string of the molecule is Nc1nsc(NCC(O)c2ccccc2)n1. The molecule has 2 aromatic rings. The van der Waals surface area contributed by atoms with E-state index in [0.29, 0.717) is 11.7 Å². The van der Waals surface area contributed by atoms with Crippen molar-refractivity contribution in [3.63, 3.8) is 0 Å². The minimum atomic E-state index is -0.564. The molecular formula is C10H12N4OS. The molecular weight excluding hydrogens is 224 g/mol. The number of hydrogen-bond donors (Lipinski definition) is 3. The highest BCUT2D eigenvalue weighted by Gasteiger charge is 2.07. The molecule has 0 aliphatic heterocycles. The average molecular weight is 236 g/mol. The second-order valence-corrected chi connectivity index (χ2v) is 4.02. The number of nitrogens with zero attached hydrogens (tertiary/aromatic N) is 2. The number of aromatic nitrogens is 2. The number of hydrogen-bond acceptors (Lipinski definition) is 6. The number of nitrogens with two attached hydrogens (primary N) is 1. The van der Waals surface area contributed by atoms with Crippen molar-refractivity contribution < 1.29 is 5.11 Å². The first-order valence-electron chi connectivity index (χ1n) is 4.82. The molecule has 0 bridgehead atoms. The first kappa shape index (κ1) is 10.8. The van der Waals surface area contributed by atoms with Crippen LogP contribution in [-0.2, 0) is 0 Å². The Hall–Kier alpha value is -1.66. The third-order valence-electron chi connectivity index (χ3n) is 2.07. The Balaban J connectivity index is 1.91. The maximum absolute atomic E-state index is 9.85. The van der Waals surface area contributed by atoms with Crippen molar-refractivity contribution >= 4 is 22.6 Å². The van der Waals surface area contributed by atoms with Crippen molar-refractivity contribution in [2.24, 2.45) is 0 Å². The average Bonchev–Trinajstić information content (AvgIpc) is 2.73. The molecule has 0 radical (unpaired) electrons. The van der Waals surface area contributed by atoms with Gasteiger partial charge >= 0.3 is 0 Å². The molecule has 5 nitrogen and oxygen atoms in total. The van der Waals surface area contributed by atoms with Crippen molar-refractivity contribution in [1.29, 1.82) is 0 Å². The molecule has 1 unspecified atom stereocenters. The van der Waals surface area contributed by atoms with E-state index in [9.17, 15) is 5.11 Å². The van der Waals surface area contributed by atoms with Gasteiger partial charge in [-0.05, 0) is 5.56 Å². The van der Waals surface area contributed by atoms with Gasteiger partial charge in [0.2, 0.25) is 11.1 Å². The topological polar surface area (TPSA) is 84.1 Å². The molecule has 1 atom stereocenters. The smallest absolute Gasteiger partial charge is 0.233 e. The lowest BCUT2D eigenvalue weighted by molar-refractivity contribution is 0.191. The summed E-state index contributed by atoms with van der Waals surface area (Å²) in [6, 6.07) is 9.44. The predicted molar refractivity (Wildman–Crippen MR) is 64.2 cm³/mol. The van der Waals surface area contributed by atoms with Crippen molar-refractivity contribution in [2.75, 3.05) is 17.6 Å². The van der Waals surface area contributed by atoms with Crippen LogP contribution >= 0.6 is 11.5 Å². The van der Waals surface area contributed by atoms with Crippen LogP contribution in [0, 0.1) is 0 Å². The summed E-state index contributed by atoms with van der Waals surface area (Å²) in [4.78, 5) is 3.94. The maximum Gasteiger partial charge on any atom is 0.233 e. The third kappa shape index (κ3) is 2.68. The van der Waals surface area contributed by atoms with Gasteiger partial charge < -0.3 is 16.2 Å². The second-order valence-electron chi connectivity index (χ2n) is 3.27. The zero-order valence-electron chi connectivity index (χ0n) is 8.50. The number of rotatable bonds is 4. The van der Waals surface area contributed by atoms with Gasteiger partial charge in [0.15, 0.2) is 0 Å². The largest absolute Gasteiger partial charge is 0.387 e. The fourth-order valence-electron chi connectivity index (χ4n) is 1.28. The molecule has 0 amide bonds. The van der Waals surface area contributed by atoms with E-state index < -0.39 is 6.10 Å². The van der Waals surface area contributed by atoms with Gasteiger partial charge in [0.1, 0.15) is 0 Å². The van der Waals surface area contributed by atoms with Crippen LogP contribution in [0.25, 0.3) is 0 Å². The number of aliphatic hydroxyl groups is 1. The maximum atomic E-state index is 9.85. The minimum absolute atomic E-state index is 0.252. The Bertz CT molecular complexity index is 445. The van der Waals surface area contributed by atoms with Gasteiger partial charge in [0.05, 0.1) is 6.10 Å². The van der Waals surface area contributed by atoms with Crippen LogP contribution in [0.15, 0.2) is 30.3 Å². The Morgan fingerprint density at radius 3 is 2.75 bits per heavy atom. The summed E-state index contributed by atoms with van der Waals surface area (Å²) < 4.78 is 3.83. The van der Waals surface area contributed by atoms with Crippen molar-refractivity contribution in [1.82, 2.24) is 9.36 Å². The third-order valence-corrected chi connectivity index (χ3v) is 2.76. The fraction of sp³-hybridized carbons (Fsp3) is 0.200. The molecule has 16 heavy (non-hydrogen) atoms. The van der Waals surface area contributed by atoms with Crippen LogP contribution in [0.4, 0.5) is 11.1 Å². The fourth-order valence-corrected chi connectivity index (χ4v) is 1.79. The highest BCUT2D eigenvalue weighted by atomic mass is 32.1. The van der Waals surface area contributed by atoms with E-state index in [1.165, 1.54) is 11.5 Å². The zero-order valence-corrected chi connectivity index (χ0v) is 9.31. The number of benzene rings is 1. The minimum Gasteiger partial charge on any atom is -0.387 e. The molecule has 0 saturated carbocycles. The van der Waals surface area contributed by atoms with E-state index in [-0.39, 0.29) is 5.95 Å². The molecule has 6 heteroatoms. The molecule has 4 N–H and O–H groups in total. The van der Waals surface area contributed by atoms with E-state index in [0.717, 1.165) is 5.56 Å². The van der Waals surface area contributed by atoms with E-state index in [1.807, 2.05) is 30.3 Å². The lowest BCUT2D eigenvalue weighted by Gasteiger charge is -2.10. The van der Waals surface area contributed by atoms with Gasteiger partial charge in [-0.1, -0.05) is 30.3 Å². The quantitative estimate of drug-likeness (QED) is 0.744. The van der Waals surface area contributed by atoms with Gasteiger partial charge in [-0.25, -0.2) is 0 Å². The standard InChI is InChI=1S/C10H12N4OS/c11-9-13-10(16-14-9)12-6-8(15)7-4-2-1-3-5-7/h1-5,8,15H,6H2,(H3,11,12,13,14). The number of anilines is 2. The first-order chi connectivity index (χ1) is 7.75. The van der Waals surface area contributed by atoms with E-state index in [2.05, 4.69) is 14.7 Å². The zero-order chi connectivity index (χ0) is 11.4. The number of aliphatic hydroxyl groups excluding tert-OH is 1. The van der Waals surface area contributed by atoms with Crippen LogP contribution in [0.5, 0.6) is 0 Å². The van der Waals surface area contributed by atoms with Crippen LogP contribution in [0.1, 0.15) is 11.7 Å². The van der Waals surface area contributed by atoms with Crippen molar-refractivity contribution in [3.8, 4) is 0 Å². The first-order valence-corrected chi connectivity index (χ1v) is 5.59. The monoisotopic (exact) mass is 236 g/mol. The highest BCUT2D eigenvalue weighted by molar-refractivity contribution is 7.09. The molecule has 1 heterocycles. The Morgan fingerprint density at radius 2 is 2.12 bits per heavy atom. The van der Waals surface area contributed by atoms with E-state index in [4.69, 9.17) is 5.73 Å². The van der Waals surface area contributed by atoms with Crippen LogP contribution in [0.3, 0.4) is 0 Å². The number of nitrogen functional groups attached to an aromatic ring is 1. The van der Waals surface area contributed by atoms with Gasteiger partial charge in [-0.2, -0.15) is 9.36 Å². The van der Waals surface area contributed by atoms with Crippen LogP contribution in [0.2, 0.25) is 0 Å². The van der Waals surface area contributed by atoms with Crippen molar-refractivity contribution in [3.05, 3.63) is 35.9 Å². The summed E-state index contributed by atoms with van der Waals surface area (Å²) >= 11 is 1.18. The van der Waals surface area contributed by atoms with E-state index in [1.54, 1.807) is 0 Å². The van der Waals surface area contributed by atoms with E-state index >= 15 is 0 Å². The van der Waals surface area contributed by atoms with Crippen LogP contribution in [-0.4, -0.2) is 21.0 Å². The molecule has 2 rings (SSSR count). The summed E-state index contributed by atoms with van der Waals surface area (Å²) in [6.07, 6.45) is -0.564. The van der Waals surface area contributed by atoms with Gasteiger partial charge in [-0.3, -0.25) is 0 Å².